The van der Waals surface area contributed by atoms with Crippen molar-refractivity contribution in [1.29, 1.82) is 0 Å². The maximum Gasteiger partial charge on any atom is 0.161 e. The molecule has 1 N–H and O–H groups in total. The Balaban J connectivity index is 1.87. The van der Waals surface area contributed by atoms with E-state index in [9.17, 15) is 0 Å². The van der Waals surface area contributed by atoms with Crippen LogP contribution in [0.5, 0.6) is 11.5 Å². The van der Waals surface area contributed by atoms with Gasteiger partial charge >= 0.3 is 0 Å². The van der Waals surface area contributed by atoms with Crippen LogP contribution < -0.4 is 14.8 Å². The minimum atomic E-state index is 0.428. The van der Waals surface area contributed by atoms with E-state index >= 15 is 0 Å². The fraction of sp³-hybridized carbons (Fsp3) is 0.600. The van der Waals surface area contributed by atoms with E-state index in [4.69, 9.17) is 9.47 Å². The first kappa shape index (κ1) is 14.2. The standard InChI is InChI=1S/C15H24N2O2/c1-3-18-14-6-4-5-7-15(14)19-12-13(2)17-10-8-16-9-11-17/h4-7,13,16H,3,8-12H2,1-2H3. The molecule has 2 rings (SSSR count). The van der Waals surface area contributed by atoms with Crippen molar-refractivity contribution in [3.8, 4) is 11.5 Å². The van der Waals surface area contributed by atoms with Gasteiger partial charge in [0.1, 0.15) is 6.61 Å². The van der Waals surface area contributed by atoms with E-state index in [-0.39, 0.29) is 0 Å². The largest absolute Gasteiger partial charge is 0.490 e. The molecule has 1 aliphatic heterocycles. The molecule has 1 fully saturated rings. The van der Waals surface area contributed by atoms with Crippen LogP contribution in [0.25, 0.3) is 0 Å². The van der Waals surface area contributed by atoms with Crippen LogP contribution in [0, 0.1) is 0 Å². The van der Waals surface area contributed by atoms with Crippen molar-refractivity contribution in [3.63, 3.8) is 0 Å². The monoisotopic (exact) mass is 264 g/mol. The number of para-hydroxylation sites is 2. The number of piperazine rings is 1. The zero-order valence-corrected chi connectivity index (χ0v) is 11.9. The first-order valence-electron chi connectivity index (χ1n) is 7.10. The summed E-state index contributed by atoms with van der Waals surface area (Å²) in [7, 11) is 0. The highest BCUT2D eigenvalue weighted by atomic mass is 16.5. The van der Waals surface area contributed by atoms with Crippen molar-refractivity contribution in [2.75, 3.05) is 39.4 Å². The van der Waals surface area contributed by atoms with E-state index in [1.165, 1.54) is 0 Å². The fourth-order valence-corrected chi connectivity index (χ4v) is 2.28. The third-order valence-corrected chi connectivity index (χ3v) is 3.40. The lowest BCUT2D eigenvalue weighted by atomic mass is 10.2. The quantitative estimate of drug-likeness (QED) is 0.849. The van der Waals surface area contributed by atoms with Crippen LogP contribution in [0.4, 0.5) is 0 Å². The van der Waals surface area contributed by atoms with Crippen LogP contribution in [0.3, 0.4) is 0 Å². The molecule has 0 spiro atoms. The first-order chi connectivity index (χ1) is 9.31. The Bertz CT molecular complexity index is 378. The van der Waals surface area contributed by atoms with Gasteiger partial charge in [0.15, 0.2) is 11.5 Å². The maximum atomic E-state index is 5.92. The van der Waals surface area contributed by atoms with Gasteiger partial charge in [-0.25, -0.2) is 0 Å². The summed E-state index contributed by atoms with van der Waals surface area (Å²) in [5.41, 5.74) is 0. The molecule has 4 nitrogen and oxygen atoms in total. The van der Waals surface area contributed by atoms with Crippen molar-refractivity contribution in [2.45, 2.75) is 19.9 Å². The highest BCUT2D eigenvalue weighted by molar-refractivity contribution is 5.39. The van der Waals surface area contributed by atoms with Crippen LogP contribution in [-0.2, 0) is 0 Å². The molecule has 0 aromatic heterocycles. The number of nitrogens with one attached hydrogen (secondary N) is 1. The fourth-order valence-electron chi connectivity index (χ4n) is 2.28. The molecule has 0 saturated carbocycles. The van der Waals surface area contributed by atoms with E-state index < -0.39 is 0 Å². The van der Waals surface area contributed by atoms with Gasteiger partial charge in [-0.1, -0.05) is 12.1 Å². The molecule has 0 bridgehead atoms. The summed E-state index contributed by atoms with van der Waals surface area (Å²) >= 11 is 0. The molecule has 19 heavy (non-hydrogen) atoms. The second-order valence-electron chi connectivity index (χ2n) is 4.83. The summed E-state index contributed by atoms with van der Waals surface area (Å²) in [6.07, 6.45) is 0. The van der Waals surface area contributed by atoms with Gasteiger partial charge in [0.25, 0.3) is 0 Å². The topological polar surface area (TPSA) is 33.7 Å². The molecule has 1 aliphatic rings. The van der Waals surface area contributed by atoms with E-state index in [1.54, 1.807) is 0 Å². The van der Waals surface area contributed by atoms with Crippen LogP contribution in [0.2, 0.25) is 0 Å². The number of nitrogens with zero attached hydrogens (tertiary/aromatic N) is 1. The Morgan fingerprint density at radius 1 is 1.16 bits per heavy atom. The second-order valence-corrected chi connectivity index (χ2v) is 4.83. The summed E-state index contributed by atoms with van der Waals surface area (Å²) in [6, 6.07) is 8.30. The molecule has 1 aromatic rings. The Morgan fingerprint density at radius 3 is 2.42 bits per heavy atom. The predicted molar refractivity (Wildman–Crippen MR) is 77.0 cm³/mol. The van der Waals surface area contributed by atoms with Crippen molar-refractivity contribution in [3.05, 3.63) is 24.3 Å². The van der Waals surface area contributed by atoms with Crippen LogP contribution in [-0.4, -0.2) is 50.3 Å². The first-order valence-corrected chi connectivity index (χ1v) is 7.10. The number of rotatable bonds is 6. The van der Waals surface area contributed by atoms with Gasteiger partial charge in [0.05, 0.1) is 6.61 Å². The summed E-state index contributed by atoms with van der Waals surface area (Å²) in [5.74, 6) is 1.67. The number of hydrogen-bond acceptors (Lipinski definition) is 4. The van der Waals surface area contributed by atoms with E-state index in [1.807, 2.05) is 31.2 Å². The molecule has 1 saturated heterocycles. The molecule has 1 unspecified atom stereocenters. The number of ether oxygens (including phenoxy) is 2. The minimum Gasteiger partial charge on any atom is -0.490 e. The molecule has 0 aliphatic carbocycles. The highest BCUT2D eigenvalue weighted by Gasteiger charge is 2.17. The van der Waals surface area contributed by atoms with Gasteiger partial charge in [0.2, 0.25) is 0 Å². The summed E-state index contributed by atoms with van der Waals surface area (Å²) in [6.45, 7) is 9.89. The Labute approximate surface area is 115 Å². The second kappa shape index (κ2) is 7.36. The molecule has 4 heteroatoms. The zero-order chi connectivity index (χ0) is 13.5. The molecular formula is C15H24N2O2. The lowest BCUT2D eigenvalue weighted by Crippen LogP contribution is -2.49. The van der Waals surface area contributed by atoms with Gasteiger partial charge in [-0.3, -0.25) is 4.90 Å². The lowest BCUT2D eigenvalue weighted by Gasteiger charge is -2.32. The van der Waals surface area contributed by atoms with Gasteiger partial charge in [0, 0.05) is 32.2 Å². The number of benzene rings is 1. The predicted octanol–water partition coefficient (Wildman–Crippen LogP) is 1.76. The van der Waals surface area contributed by atoms with Crippen LogP contribution in [0.1, 0.15) is 13.8 Å². The molecule has 1 atom stereocenters. The summed E-state index contributed by atoms with van der Waals surface area (Å²) in [4.78, 5) is 2.46. The third kappa shape index (κ3) is 4.11. The highest BCUT2D eigenvalue weighted by Crippen LogP contribution is 2.26. The summed E-state index contributed by atoms with van der Waals surface area (Å²) < 4.78 is 11.5. The zero-order valence-electron chi connectivity index (χ0n) is 11.9. The smallest absolute Gasteiger partial charge is 0.161 e. The molecule has 0 amide bonds. The molecule has 0 radical (unpaired) electrons. The van der Waals surface area contributed by atoms with E-state index in [2.05, 4.69) is 17.1 Å². The molecule has 1 heterocycles. The van der Waals surface area contributed by atoms with Gasteiger partial charge in [-0.05, 0) is 26.0 Å². The van der Waals surface area contributed by atoms with Gasteiger partial charge in [-0.15, -0.1) is 0 Å². The average Bonchev–Trinajstić information content (AvgIpc) is 2.47. The molecular weight excluding hydrogens is 240 g/mol. The normalized spacial score (nSPS) is 18.0. The average molecular weight is 264 g/mol. The SMILES string of the molecule is CCOc1ccccc1OCC(C)N1CCNCC1. The molecule has 1 aromatic carbocycles. The van der Waals surface area contributed by atoms with E-state index in [0.29, 0.717) is 19.3 Å². The van der Waals surface area contributed by atoms with Crippen LogP contribution in [0.15, 0.2) is 24.3 Å². The van der Waals surface area contributed by atoms with Crippen molar-refractivity contribution in [1.82, 2.24) is 10.2 Å². The Kier molecular flexibility index (Phi) is 5.48. The third-order valence-electron chi connectivity index (χ3n) is 3.40. The Hall–Kier alpha value is -1.26. The Morgan fingerprint density at radius 2 is 1.79 bits per heavy atom. The van der Waals surface area contributed by atoms with Crippen molar-refractivity contribution >= 4 is 0 Å². The van der Waals surface area contributed by atoms with Gasteiger partial charge in [-0.2, -0.15) is 0 Å². The number of hydrogen-bond donors (Lipinski definition) is 1. The summed E-state index contributed by atoms with van der Waals surface area (Å²) in [5, 5.41) is 3.37. The minimum absolute atomic E-state index is 0.428. The lowest BCUT2D eigenvalue weighted by molar-refractivity contribution is 0.129. The van der Waals surface area contributed by atoms with Gasteiger partial charge < -0.3 is 14.8 Å². The maximum absolute atomic E-state index is 5.92. The van der Waals surface area contributed by atoms with Crippen LogP contribution >= 0.6 is 0 Å². The van der Waals surface area contributed by atoms with Crippen molar-refractivity contribution in [2.24, 2.45) is 0 Å². The van der Waals surface area contributed by atoms with E-state index in [0.717, 1.165) is 37.7 Å². The van der Waals surface area contributed by atoms with Crippen molar-refractivity contribution < 1.29 is 9.47 Å². The molecule has 106 valence electrons.